The third-order valence-electron chi connectivity index (χ3n) is 1.97. The minimum atomic E-state index is 0.496. The molecule has 1 heterocycles. The minimum Gasteiger partial charge on any atom is -0.382 e. The van der Waals surface area contributed by atoms with Crippen LogP contribution in [0.2, 0.25) is 0 Å². The van der Waals surface area contributed by atoms with Crippen LogP contribution >= 0.6 is 0 Å². The summed E-state index contributed by atoms with van der Waals surface area (Å²) in [6, 6.07) is 7.60. The van der Waals surface area contributed by atoms with Crippen LogP contribution in [0.1, 0.15) is 5.56 Å². The zero-order valence-corrected chi connectivity index (χ0v) is 7.36. The highest BCUT2D eigenvalue weighted by molar-refractivity contribution is 5.89. The Morgan fingerprint density at radius 1 is 1.50 bits per heavy atom. The summed E-state index contributed by atoms with van der Waals surface area (Å²) in [7, 11) is 0. The number of benzene rings is 1. The summed E-state index contributed by atoms with van der Waals surface area (Å²) in [6.07, 6.45) is 3.16. The molecule has 0 unspecified atom stereocenters. The molecular weight excluding hydrogens is 176 g/mol. The summed E-state index contributed by atoms with van der Waals surface area (Å²) in [5.74, 6) is 0.496. The maximum atomic E-state index is 8.37. The Kier molecular flexibility index (Phi) is 1.92. The molecule has 0 aliphatic carbocycles. The Balaban J connectivity index is 2.53. The van der Waals surface area contributed by atoms with Crippen LogP contribution in [0.5, 0.6) is 0 Å². The summed E-state index contributed by atoms with van der Waals surface area (Å²) in [5, 5.41) is 16.0. The first-order valence-electron chi connectivity index (χ1n) is 4.11. The molecule has 0 bridgehead atoms. The first kappa shape index (κ1) is 8.32. The fraction of sp³-hybridized carbons (Fsp3) is 0. The lowest BCUT2D eigenvalue weighted by molar-refractivity contribution is 1.13. The van der Waals surface area contributed by atoms with Crippen molar-refractivity contribution in [3.8, 4) is 6.07 Å². The number of anilines is 1. The van der Waals surface area contributed by atoms with Crippen LogP contribution in [-0.4, -0.2) is 10.2 Å². The van der Waals surface area contributed by atoms with E-state index in [2.05, 4.69) is 10.2 Å². The lowest BCUT2D eigenvalue weighted by Gasteiger charge is -1.92. The van der Waals surface area contributed by atoms with Crippen LogP contribution in [0, 0.1) is 11.3 Å². The smallest absolute Gasteiger partial charge is 0.153 e. The van der Waals surface area contributed by atoms with Gasteiger partial charge in [-0.05, 0) is 23.8 Å². The van der Waals surface area contributed by atoms with Gasteiger partial charge in [-0.15, -0.1) is 0 Å². The Bertz CT molecular complexity index is 531. The standard InChI is InChI=1S/C10H8N4/c11-5-1-2-7-3-4-8-9(6-7)13-14-10(8)12/h1-4,6H,(H3,12,13,14). The predicted octanol–water partition coefficient (Wildman–Crippen LogP) is 1.68. The van der Waals surface area contributed by atoms with E-state index in [1.54, 1.807) is 6.08 Å². The third kappa shape index (κ3) is 1.31. The number of nitrogens with zero attached hydrogens (tertiary/aromatic N) is 2. The first-order valence-corrected chi connectivity index (χ1v) is 4.11. The summed E-state index contributed by atoms with van der Waals surface area (Å²) >= 11 is 0. The quantitative estimate of drug-likeness (QED) is 0.662. The van der Waals surface area contributed by atoms with Gasteiger partial charge in [-0.25, -0.2) is 0 Å². The van der Waals surface area contributed by atoms with Crippen molar-refractivity contribution in [1.82, 2.24) is 10.2 Å². The molecule has 2 aromatic rings. The summed E-state index contributed by atoms with van der Waals surface area (Å²) in [4.78, 5) is 0. The number of nitrogens with one attached hydrogen (secondary N) is 1. The molecule has 4 nitrogen and oxygen atoms in total. The zero-order chi connectivity index (χ0) is 9.97. The van der Waals surface area contributed by atoms with E-state index in [9.17, 15) is 0 Å². The van der Waals surface area contributed by atoms with Crippen LogP contribution < -0.4 is 5.73 Å². The highest BCUT2D eigenvalue weighted by Gasteiger charge is 2.00. The molecule has 0 saturated heterocycles. The van der Waals surface area contributed by atoms with Crippen molar-refractivity contribution in [1.29, 1.82) is 5.26 Å². The van der Waals surface area contributed by atoms with E-state index in [0.717, 1.165) is 16.5 Å². The Labute approximate surface area is 80.6 Å². The van der Waals surface area contributed by atoms with Crippen molar-refractivity contribution < 1.29 is 0 Å². The van der Waals surface area contributed by atoms with E-state index in [1.165, 1.54) is 6.08 Å². The molecule has 2 rings (SSSR count). The Morgan fingerprint density at radius 2 is 2.36 bits per heavy atom. The molecule has 68 valence electrons. The largest absolute Gasteiger partial charge is 0.382 e. The second kappa shape index (κ2) is 3.23. The van der Waals surface area contributed by atoms with E-state index < -0.39 is 0 Å². The molecule has 0 amide bonds. The van der Waals surface area contributed by atoms with Crippen LogP contribution in [0.3, 0.4) is 0 Å². The number of H-pyrrole nitrogens is 1. The van der Waals surface area contributed by atoms with Crippen molar-refractivity contribution >= 4 is 22.8 Å². The van der Waals surface area contributed by atoms with Crippen LogP contribution in [-0.2, 0) is 0 Å². The number of fused-ring (bicyclic) bond motifs is 1. The number of aromatic amines is 1. The van der Waals surface area contributed by atoms with Gasteiger partial charge < -0.3 is 5.73 Å². The summed E-state index contributed by atoms with van der Waals surface area (Å²) in [6.45, 7) is 0. The molecule has 0 atom stereocenters. The number of rotatable bonds is 1. The van der Waals surface area contributed by atoms with Gasteiger partial charge >= 0.3 is 0 Å². The average molecular weight is 184 g/mol. The van der Waals surface area contributed by atoms with Gasteiger partial charge in [0.25, 0.3) is 0 Å². The lowest BCUT2D eigenvalue weighted by atomic mass is 10.1. The van der Waals surface area contributed by atoms with Gasteiger partial charge in [0.1, 0.15) is 0 Å². The Morgan fingerprint density at radius 3 is 3.14 bits per heavy atom. The highest BCUT2D eigenvalue weighted by Crippen LogP contribution is 2.19. The molecule has 4 heteroatoms. The van der Waals surface area contributed by atoms with Crippen molar-refractivity contribution in [3.63, 3.8) is 0 Å². The van der Waals surface area contributed by atoms with Gasteiger partial charge in [-0.3, -0.25) is 5.10 Å². The number of hydrogen-bond donors (Lipinski definition) is 2. The molecule has 0 fully saturated rings. The van der Waals surface area contributed by atoms with Crippen molar-refractivity contribution in [2.45, 2.75) is 0 Å². The normalized spacial score (nSPS) is 10.8. The predicted molar refractivity (Wildman–Crippen MR) is 55.2 cm³/mol. The molecule has 0 aliphatic rings. The topological polar surface area (TPSA) is 78.5 Å². The van der Waals surface area contributed by atoms with Crippen LogP contribution in [0.15, 0.2) is 24.3 Å². The molecule has 0 radical (unpaired) electrons. The zero-order valence-electron chi connectivity index (χ0n) is 7.36. The molecule has 0 saturated carbocycles. The summed E-state index contributed by atoms with van der Waals surface area (Å²) in [5.41, 5.74) is 7.44. The SMILES string of the molecule is N#CC=Cc1ccc2c(N)n[nH]c2c1. The number of aromatic nitrogens is 2. The molecule has 3 N–H and O–H groups in total. The van der Waals surface area contributed by atoms with Gasteiger partial charge in [0.05, 0.1) is 11.6 Å². The van der Waals surface area contributed by atoms with Crippen molar-refractivity contribution in [3.05, 3.63) is 29.8 Å². The minimum absolute atomic E-state index is 0.496. The number of nitrogens with two attached hydrogens (primary N) is 1. The monoisotopic (exact) mass is 184 g/mol. The third-order valence-corrected chi connectivity index (χ3v) is 1.97. The second-order valence-corrected chi connectivity index (χ2v) is 2.88. The average Bonchev–Trinajstić information content (AvgIpc) is 2.57. The molecule has 0 aliphatic heterocycles. The molecule has 14 heavy (non-hydrogen) atoms. The molecular formula is C10H8N4. The first-order chi connectivity index (χ1) is 6.81. The van der Waals surface area contributed by atoms with Crippen molar-refractivity contribution in [2.75, 3.05) is 5.73 Å². The maximum Gasteiger partial charge on any atom is 0.153 e. The highest BCUT2D eigenvalue weighted by atomic mass is 15.1. The number of nitrogen functional groups attached to an aromatic ring is 1. The van der Waals surface area contributed by atoms with E-state index >= 15 is 0 Å². The van der Waals surface area contributed by atoms with E-state index in [-0.39, 0.29) is 0 Å². The number of allylic oxidation sites excluding steroid dienone is 1. The molecule has 1 aromatic heterocycles. The lowest BCUT2D eigenvalue weighted by Crippen LogP contribution is -1.83. The van der Waals surface area contributed by atoms with Crippen LogP contribution in [0.25, 0.3) is 17.0 Å². The summed E-state index contributed by atoms with van der Waals surface area (Å²) < 4.78 is 0. The molecule has 0 spiro atoms. The van der Waals surface area contributed by atoms with Gasteiger partial charge in [-0.1, -0.05) is 6.07 Å². The number of hydrogen-bond acceptors (Lipinski definition) is 3. The fourth-order valence-corrected chi connectivity index (χ4v) is 1.30. The van der Waals surface area contributed by atoms with Crippen molar-refractivity contribution in [2.24, 2.45) is 0 Å². The fourth-order valence-electron chi connectivity index (χ4n) is 1.30. The van der Waals surface area contributed by atoms with Gasteiger partial charge in [0.2, 0.25) is 0 Å². The van der Waals surface area contributed by atoms with Gasteiger partial charge in [0.15, 0.2) is 5.82 Å². The van der Waals surface area contributed by atoms with E-state index in [0.29, 0.717) is 5.82 Å². The number of nitriles is 1. The van der Waals surface area contributed by atoms with E-state index in [1.807, 2.05) is 24.3 Å². The van der Waals surface area contributed by atoms with Gasteiger partial charge in [0, 0.05) is 11.5 Å². The van der Waals surface area contributed by atoms with E-state index in [4.69, 9.17) is 11.0 Å². The van der Waals surface area contributed by atoms with Gasteiger partial charge in [-0.2, -0.15) is 10.4 Å². The van der Waals surface area contributed by atoms with Crippen LogP contribution in [0.4, 0.5) is 5.82 Å². The molecule has 1 aromatic carbocycles. The Hall–Kier alpha value is -2.28. The maximum absolute atomic E-state index is 8.37. The second-order valence-electron chi connectivity index (χ2n) is 2.88.